The van der Waals surface area contributed by atoms with Crippen molar-refractivity contribution in [2.75, 3.05) is 18.0 Å². The number of nitrogens with zero attached hydrogens (tertiary/aromatic N) is 5. The number of rotatable bonds is 5. The van der Waals surface area contributed by atoms with Crippen molar-refractivity contribution in [1.29, 1.82) is 0 Å². The molecule has 0 aromatic carbocycles. The molecule has 9 heteroatoms. The summed E-state index contributed by atoms with van der Waals surface area (Å²) in [6, 6.07) is 3.45. The van der Waals surface area contributed by atoms with Gasteiger partial charge in [0.05, 0.1) is 18.5 Å². The first-order valence-corrected chi connectivity index (χ1v) is 8.96. The maximum absolute atomic E-state index is 12.3. The molecular formula is C18H21N7O2. The maximum atomic E-state index is 12.3. The topological polar surface area (TPSA) is 120 Å². The summed E-state index contributed by atoms with van der Waals surface area (Å²) in [5, 5.41) is 13.3. The van der Waals surface area contributed by atoms with Crippen LogP contribution in [-0.2, 0) is 11.2 Å². The van der Waals surface area contributed by atoms with Crippen molar-refractivity contribution in [3.05, 3.63) is 42.7 Å². The number of aliphatic hydroxyl groups excluding tert-OH is 1. The van der Waals surface area contributed by atoms with Gasteiger partial charge < -0.3 is 20.3 Å². The van der Waals surface area contributed by atoms with Crippen molar-refractivity contribution in [2.24, 2.45) is 0 Å². The van der Waals surface area contributed by atoms with Gasteiger partial charge in [0.15, 0.2) is 11.5 Å². The molecular weight excluding hydrogens is 346 g/mol. The second kappa shape index (κ2) is 7.67. The van der Waals surface area contributed by atoms with E-state index >= 15 is 0 Å². The van der Waals surface area contributed by atoms with Crippen LogP contribution >= 0.6 is 0 Å². The first-order valence-electron chi connectivity index (χ1n) is 8.96. The van der Waals surface area contributed by atoms with Crippen LogP contribution in [0, 0.1) is 0 Å². The van der Waals surface area contributed by atoms with E-state index in [9.17, 15) is 9.90 Å². The van der Waals surface area contributed by atoms with Crippen molar-refractivity contribution >= 4 is 22.9 Å². The third kappa shape index (κ3) is 3.87. The molecule has 0 bridgehead atoms. The van der Waals surface area contributed by atoms with E-state index in [0.717, 1.165) is 16.9 Å². The Morgan fingerprint density at radius 1 is 1.37 bits per heavy atom. The summed E-state index contributed by atoms with van der Waals surface area (Å²) in [6.07, 6.45) is 7.47. The van der Waals surface area contributed by atoms with E-state index in [1.807, 2.05) is 17.0 Å². The zero-order valence-corrected chi connectivity index (χ0v) is 14.7. The number of H-pyrrole nitrogens is 1. The monoisotopic (exact) mass is 367 g/mol. The first kappa shape index (κ1) is 17.3. The lowest BCUT2D eigenvalue weighted by Crippen LogP contribution is -2.55. The van der Waals surface area contributed by atoms with Gasteiger partial charge in [-0.2, -0.15) is 0 Å². The second-order valence-electron chi connectivity index (χ2n) is 6.64. The number of aromatic amines is 1. The Morgan fingerprint density at radius 2 is 2.30 bits per heavy atom. The predicted molar refractivity (Wildman–Crippen MR) is 99.0 cm³/mol. The summed E-state index contributed by atoms with van der Waals surface area (Å²) >= 11 is 0. The average molecular weight is 367 g/mol. The van der Waals surface area contributed by atoms with Crippen LogP contribution in [-0.4, -0.2) is 61.2 Å². The van der Waals surface area contributed by atoms with Gasteiger partial charge in [0, 0.05) is 31.9 Å². The highest BCUT2D eigenvalue weighted by Gasteiger charge is 2.30. The largest absolute Gasteiger partial charge is 0.391 e. The molecule has 0 unspecified atom stereocenters. The van der Waals surface area contributed by atoms with Crippen LogP contribution in [0.4, 0.5) is 5.82 Å². The second-order valence-corrected chi connectivity index (χ2v) is 6.64. The van der Waals surface area contributed by atoms with Gasteiger partial charge in [-0.3, -0.25) is 9.78 Å². The van der Waals surface area contributed by atoms with Crippen LogP contribution in [0.2, 0.25) is 0 Å². The minimum Gasteiger partial charge on any atom is -0.391 e. The highest BCUT2D eigenvalue weighted by Crippen LogP contribution is 2.23. The zero-order chi connectivity index (χ0) is 18.6. The van der Waals surface area contributed by atoms with Gasteiger partial charge in [-0.05, 0) is 24.5 Å². The van der Waals surface area contributed by atoms with Crippen molar-refractivity contribution in [2.45, 2.75) is 31.4 Å². The van der Waals surface area contributed by atoms with Crippen molar-refractivity contribution in [1.82, 2.24) is 30.2 Å². The summed E-state index contributed by atoms with van der Waals surface area (Å²) in [5.41, 5.74) is 2.37. The summed E-state index contributed by atoms with van der Waals surface area (Å²) in [6.45, 7) is 1.12. The molecule has 0 aliphatic carbocycles. The predicted octanol–water partition coefficient (Wildman–Crippen LogP) is 0.436. The number of carbonyl (C=O) groups excluding carboxylic acids is 1. The molecule has 4 heterocycles. The van der Waals surface area contributed by atoms with Gasteiger partial charge in [0.2, 0.25) is 5.91 Å². The van der Waals surface area contributed by atoms with Gasteiger partial charge in [0.25, 0.3) is 0 Å². The SMILES string of the molecule is O=C(CCc1cccnc1)N[C@@H]1CN(c2ncnc3nc[nH]c23)CC[C@@H]1O. The minimum absolute atomic E-state index is 0.0841. The summed E-state index contributed by atoms with van der Waals surface area (Å²) in [4.78, 5) is 34.1. The first-order chi connectivity index (χ1) is 13.2. The van der Waals surface area contributed by atoms with Gasteiger partial charge in [-0.15, -0.1) is 0 Å². The quantitative estimate of drug-likeness (QED) is 0.598. The molecule has 1 fully saturated rings. The Hall–Kier alpha value is -3.07. The van der Waals surface area contributed by atoms with Gasteiger partial charge in [0.1, 0.15) is 11.8 Å². The van der Waals surface area contributed by atoms with Crippen LogP contribution in [0.1, 0.15) is 18.4 Å². The normalized spacial score (nSPS) is 20.0. The Labute approximate surface area is 155 Å². The molecule has 3 aromatic rings. The van der Waals surface area contributed by atoms with E-state index in [2.05, 4.69) is 30.2 Å². The molecule has 140 valence electrons. The number of piperidine rings is 1. The van der Waals surface area contributed by atoms with E-state index in [-0.39, 0.29) is 11.9 Å². The Bertz CT molecular complexity index is 914. The molecule has 9 nitrogen and oxygen atoms in total. The van der Waals surface area contributed by atoms with Crippen LogP contribution in [0.5, 0.6) is 0 Å². The molecule has 1 amide bonds. The number of pyridine rings is 1. The van der Waals surface area contributed by atoms with E-state index in [1.165, 1.54) is 6.33 Å². The number of nitrogens with one attached hydrogen (secondary N) is 2. The molecule has 27 heavy (non-hydrogen) atoms. The number of hydrogen-bond donors (Lipinski definition) is 3. The standard InChI is InChI=1S/C18H21N7O2/c26-14-5-7-25(18-16-17(21-10-20-16)22-11-23-18)9-13(14)24-15(27)4-3-12-2-1-6-19-8-12/h1-2,6,8,10-11,13-14,26H,3-5,7,9H2,(H,24,27)(H,20,21,22,23)/t13-,14+/m1/s1. The molecule has 1 aliphatic heterocycles. The average Bonchev–Trinajstić information content (AvgIpc) is 3.18. The Kier molecular flexibility index (Phi) is 4.93. The molecule has 4 rings (SSSR count). The number of amides is 1. The maximum Gasteiger partial charge on any atom is 0.220 e. The molecule has 1 aliphatic rings. The van der Waals surface area contributed by atoms with Crippen LogP contribution in [0.25, 0.3) is 11.2 Å². The Morgan fingerprint density at radius 3 is 3.15 bits per heavy atom. The highest BCUT2D eigenvalue weighted by molar-refractivity contribution is 5.83. The fraction of sp³-hybridized carbons (Fsp3) is 0.389. The van der Waals surface area contributed by atoms with Crippen molar-refractivity contribution < 1.29 is 9.90 Å². The zero-order valence-electron chi connectivity index (χ0n) is 14.7. The molecule has 0 saturated carbocycles. The van der Waals surface area contributed by atoms with Crippen LogP contribution in [0.15, 0.2) is 37.2 Å². The van der Waals surface area contributed by atoms with Crippen molar-refractivity contribution in [3.63, 3.8) is 0 Å². The van der Waals surface area contributed by atoms with E-state index in [4.69, 9.17) is 0 Å². The summed E-state index contributed by atoms with van der Waals surface area (Å²) in [7, 11) is 0. The summed E-state index contributed by atoms with van der Waals surface area (Å²) < 4.78 is 0. The van der Waals surface area contributed by atoms with Gasteiger partial charge in [-0.1, -0.05) is 6.07 Å². The highest BCUT2D eigenvalue weighted by atomic mass is 16.3. The number of fused-ring (bicyclic) bond motifs is 1. The number of aromatic nitrogens is 5. The fourth-order valence-electron chi connectivity index (χ4n) is 3.35. The third-order valence-corrected chi connectivity index (χ3v) is 4.79. The molecule has 3 aromatic heterocycles. The van der Waals surface area contributed by atoms with Crippen LogP contribution in [0.3, 0.4) is 0 Å². The van der Waals surface area contributed by atoms with Crippen molar-refractivity contribution in [3.8, 4) is 0 Å². The van der Waals surface area contributed by atoms with Crippen LogP contribution < -0.4 is 10.2 Å². The molecule has 0 spiro atoms. The molecule has 0 radical (unpaired) electrons. The fourth-order valence-corrected chi connectivity index (χ4v) is 3.35. The number of imidazole rings is 1. The van der Waals surface area contributed by atoms with E-state index in [1.54, 1.807) is 18.7 Å². The summed E-state index contributed by atoms with van der Waals surface area (Å²) in [5.74, 6) is 0.651. The smallest absolute Gasteiger partial charge is 0.220 e. The number of hydrogen-bond acceptors (Lipinski definition) is 7. The van der Waals surface area contributed by atoms with E-state index < -0.39 is 6.10 Å². The number of aryl methyl sites for hydroxylation is 1. The lowest BCUT2D eigenvalue weighted by Gasteiger charge is -2.37. The lowest BCUT2D eigenvalue weighted by atomic mass is 10.0. The molecule has 2 atom stereocenters. The number of aliphatic hydroxyl groups is 1. The van der Waals surface area contributed by atoms with Gasteiger partial charge in [-0.25, -0.2) is 15.0 Å². The third-order valence-electron chi connectivity index (χ3n) is 4.79. The molecule has 3 N–H and O–H groups in total. The minimum atomic E-state index is -0.581. The Balaban J connectivity index is 1.40. The van der Waals surface area contributed by atoms with Gasteiger partial charge >= 0.3 is 0 Å². The lowest BCUT2D eigenvalue weighted by molar-refractivity contribution is -0.122. The number of anilines is 1. The number of carbonyl (C=O) groups is 1. The molecule has 1 saturated heterocycles. The van der Waals surface area contributed by atoms with E-state index in [0.29, 0.717) is 38.0 Å².